The Morgan fingerprint density at radius 1 is 1.40 bits per heavy atom. The number of thiazole rings is 1. The Balaban J connectivity index is 2.49. The van der Waals surface area contributed by atoms with E-state index < -0.39 is 0 Å². The van der Waals surface area contributed by atoms with Crippen LogP contribution in [0.4, 0.5) is 4.39 Å². The van der Waals surface area contributed by atoms with Gasteiger partial charge >= 0.3 is 0 Å². The van der Waals surface area contributed by atoms with Gasteiger partial charge in [-0.3, -0.25) is 4.40 Å². The molecule has 0 radical (unpaired) electrons. The Kier molecular flexibility index (Phi) is 1.74. The van der Waals surface area contributed by atoms with Crippen molar-refractivity contribution in [3.05, 3.63) is 29.8 Å². The summed E-state index contributed by atoms with van der Waals surface area (Å²) in [5.41, 5.74) is 6.45. The summed E-state index contributed by atoms with van der Waals surface area (Å²) in [7, 11) is 0. The van der Waals surface area contributed by atoms with Crippen molar-refractivity contribution in [2.24, 2.45) is 5.73 Å². The number of hydrogen-bond acceptors (Lipinski definition) is 4. The second kappa shape index (κ2) is 2.98. The summed E-state index contributed by atoms with van der Waals surface area (Å²) in [6.07, 6.45) is 0. The summed E-state index contributed by atoms with van der Waals surface area (Å²) in [6, 6.07) is 4.64. The third-order valence-electron chi connectivity index (χ3n) is 2.25. The molecule has 0 bridgehead atoms. The fourth-order valence-corrected chi connectivity index (χ4v) is 2.60. The lowest BCUT2D eigenvalue weighted by Gasteiger charge is -1.94. The van der Waals surface area contributed by atoms with Crippen molar-refractivity contribution in [1.82, 2.24) is 14.6 Å². The number of halogens is 1. The molecule has 2 N–H and O–H groups in total. The molecule has 15 heavy (non-hydrogen) atoms. The lowest BCUT2D eigenvalue weighted by atomic mass is 10.3. The molecule has 0 fully saturated rings. The summed E-state index contributed by atoms with van der Waals surface area (Å²) < 4.78 is 15.7. The van der Waals surface area contributed by atoms with Gasteiger partial charge in [-0.25, -0.2) is 4.39 Å². The van der Waals surface area contributed by atoms with Gasteiger partial charge in [-0.15, -0.1) is 10.2 Å². The highest BCUT2D eigenvalue weighted by molar-refractivity contribution is 7.23. The van der Waals surface area contributed by atoms with Crippen LogP contribution in [0.3, 0.4) is 0 Å². The van der Waals surface area contributed by atoms with Crippen molar-refractivity contribution < 1.29 is 4.39 Å². The van der Waals surface area contributed by atoms with Gasteiger partial charge < -0.3 is 5.73 Å². The molecule has 4 nitrogen and oxygen atoms in total. The summed E-state index contributed by atoms with van der Waals surface area (Å²) >= 11 is 1.41. The molecule has 0 aliphatic rings. The number of aromatic nitrogens is 3. The van der Waals surface area contributed by atoms with Crippen LogP contribution in [0.5, 0.6) is 0 Å². The van der Waals surface area contributed by atoms with E-state index in [1.807, 2.05) is 4.40 Å². The van der Waals surface area contributed by atoms with E-state index in [1.165, 1.54) is 23.5 Å². The number of fused-ring (bicyclic) bond motifs is 3. The molecular formula is C9H7FN4S. The Bertz CT molecular complexity index is 642. The largest absolute Gasteiger partial charge is 0.324 e. The van der Waals surface area contributed by atoms with E-state index in [4.69, 9.17) is 5.73 Å². The van der Waals surface area contributed by atoms with Crippen molar-refractivity contribution in [2.75, 3.05) is 0 Å². The first-order chi connectivity index (χ1) is 7.29. The lowest BCUT2D eigenvalue weighted by Crippen LogP contribution is -2.01. The molecular weight excluding hydrogens is 215 g/mol. The van der Waals surface area contributed by atoms with E-state index in [2.05, 4.69) is 10.2 Å². The second-order valence-electron chi connectivity index (χ2n) is 3.15. The van der Waals surface area contributed by atoms with Crippen LogP contribution >= 0.6 is 11.3 Å². The number of rotatable bonds is 1. The van der Waals surface area contributed by atoms with Gasteiger partial charge in [0, 0.05) is 0 Å². The number of hydrogen-bond donors (Lipinski definition) is 1. The molecule has 0 spiro atoms. The van der Waals surface area contributed by atoms with E-state index >= 15 is 0 Å². The first-order valence-electron chi connectivity index (χ1n) is 4.42. The molecule has 6 heteroatoms. The van der Waals surface area contributed by atoms with Crippen LogP contribution in [0.2, 0.25) is 0 Å². The first-order valence-corrected chi connectivity index (χ1v) is 5.23. The Morgan fingerprint density at radius 3 is 3.07 bits per heavy atom. The molecule has 3 rings (SSSR count). The van der Waals surface area contributed by atoms with Gasteiger partial charge in [0.25, 0.3) is 0 Å². The highest BCUT2D eigenvalue weighted by Gasteiger charge is 2.11. The quantitative estimate of drug-likeness (QED) is 0.679. The Hall–Kier alpha value is -1.53. The zero-order valence-electron chi connectivity index (χ0n) is 7.64. The molecule has 0 unspecified atom stereocenters. The standard InChI is InChI=1S/C9H7FN4S/c10-5-1-2-6-7(3-5)15-9-13-12-8(4-11)14(6)9/h1-3H,4,11H2. The minimum absolute atomic E-state index is 0.241. The molecule has 0 aliphatic carbocycles. The van der Waals surface area contributed by atoms with Crippen molar-refractivity contribution in [2.45, 2.75) is 6.54 Å². The maximum absolute atomic E-state index is 13.0. The van der Waals surface area contributed by atoms with Crippen LogP contribution in [0.15, 0.2) is 18.2 Å². The van der Waals surface area contributed by atoms with Crippen LogP contribution in [0.25, 0.3) is 15.2 Å². The minimum Gasteiger partial charge on any atom is -0.324 e. The van der Waals surface area contributed by atoms with E-state index in [-0.39, 0.29) is 5.82 Å². The molecule has 3 aromatic rings. The molecule has 2 heterocycles. The van der Waals surface area contributed by atoms with E-state index in [0.29, 0.717) is 12.4 Å². The number of benzene rings is 1. The molecule has 0 aliphatic heterocycles. The maximum Gasteiger partial charge on any atom is 0.217 e. The van der Waals surface area contributed by atoms with Gasteiger partial charge in [-0.05, 0) is 18.2 Å². The van der Waals surface area contributed by atoms with Crippen LogP contribution in [-0.2, 0) is 6.54 Å². The van der Waals surface area contributed by atoms with Crippen molar-refractivity contribution >= 4 is 26.5 Å². The lowest BCUT2D eigenvalue weighted by molar-refractivity contribution is 0.630. The first kappa shape index (κ1) is 8.75. The monoisotopic (exact) mass is 222 g/mol. The van der Waals surface area contributed by atoms with E-state index in [9.17, 15) is 4.39 Å². The van der Waals surface area contributed by atoms with Crippen molar-refractivity contribution in [3.8, 4) is 0 Å². The summed E-state index contributed by atoms with van der Waals surface area (Å²) in [5.74, 6) is 0.456. The zero-order valence-corrected chi connectivity index (χ0v) is 8.46. The minimum atomic E-state index is -0.241. The predicted octanol–water partition coefficient (Wildman–Crippen LogP) is 1.54. The van der Waals surface area contributed by atoms with Gasteiger partial charge in [-0.1, -0.05) is 11.3 Å². The highest BCUT2D eigenvalue weighted by atomic mass is 32.1. The summed E-state index contributed by atoms with van der Waals surface area (Å²) in [6.45, 7) is 0.324. The van der Waals surface area contributed by atoms with Crippen LogP contribution < -0.4 is 5.73 Å². The molecule has 0 amide bonds. The summed E-state index contributed by atoms with van der Waals surface area (Å²) in [4.78, 5) is 0.746. The Labute approximate surface area is 88.1 Å². The van der Waals surface area contributed by atoms with Crippen molar-refractivity contribution in [1.29, 1.82) is 0 Å². The molecule has 76 valence electrons. The maximum atomic E-state index is 13.0. The zero-order chi connectivity index (χ0) is 10.4. The third-order valence-corrected chi connectivity index (χ3v) is 3.24. The number of nitrogens with zero attached hydrogens (tertiary/aromatic N) is 3. The third kappa shape index (κ3) is 1.15. The topological polar surface area (TPSA) is 56.2 Å². The molecule has 0 saturated carbocycles. The van der Waals surface area contributed by atoms with Gasteiger partial charge in [0.1, 0.15) is 5.82 Å². The second-order valence-corrected chi connectivity index (χ2v) is 4.16. The van der Waals surface area contributed by atoms with Gasteiger partial charge in [0.2, 0.25) is 4.96 Å². The molecule has 0 atom stereocenters. The normalized spacial score (nSPS) is 11.6. The number of nitrogens with two attached hydrogens (primary N) is 1. The fraction of sp³-hybridized carbons (Fsp3) is 0.111. The Morgan fingerprint density at radius 2 is 2.27 bits per heavy atom. The SMILES string of the molecule is NCc1nnc2sc3cc(F)ccc3n12. The molecule has 1 aromatic carbocycles. The van der Waals surface area contributed by atoms with Gasteiger partial charge in [-0.2, -0.15) is 0 Å². The highest BCUT2D eigenvalue weighted by Crippen LogP contribution is 2.26. The molecule has 2 aromatic heterocycles. The fourth-order valence-electron chi connectivity index (χ4n) is 1.59. The van der Waals surface area contributed by atoms with Gasteiger partial charge in [0.15, 0.2) is 5.82 Å². The van der Waals surface area contributed by atoms with E-state index in [1.54, 1.807) is 6.07 Å². The smallest absolute Gasteiger partial charge is 0.217 e. The van der Waals surface area contributed by atoms with Crippen LogP contribution in [0, 0.1) is 5.82 Å². The van der Waals surface area contributed by atoms with Crippen LogP contribution in [-0.4, -0.2) is 14.6 Å². The van der Waals surface area contributed by atoms with Crippen LogP contribution in [0.1, 0.15) is 5.82 Å². The summed E-state index contributed by atoms with van der Waals surface area (Å²) in [5, 5.41) is 7.94. The van der Waals surface area contributed by atoms with Crippen molar-refractivity contribution in [3.63, 3.8) is 0 Å². The average Bonchev–Trinajstić information content (AvgIpc) is 2.74. The molecule has 0 saturated heterocycles. The average molecular weight is 222 g/mol. The van der Waals surface area contributed by atoms with E-state index in [0.717, 1.165) is 15.2 Å². The van der Waals surface area contributed by atoms with Gasteiger partial charge in [0.05, 0.1) is 16.8 Å². The predicted molar refractivity (Wildman–Crippen MR) is 56.2 cm³/mol.